The Balaban J connectivity index is 0.000000214. The highest BCUT2D eigenvalue weighted by atomic mass is 35.5. The first-order valence-corrected chi connectivity index (χ1v) is 22.5. The van der Waals surface area contributed by atoms with Crippen LogP contribution in [0.3, 0.4) is 0 Å². The molecular weight excluding hydrogens is 860 g/mol. The number of hydrogen-bond donors (Lipinski definition) is 4. The van der Waals surface area contributed by atoms with Gasteiger partial charge in [-0.05, 0) is 54.0 Å². The number of aryl methyl sites for hydroxylation is 4. The van der Waals surface area contributed by atoms with E-state index in [4.69, 9.17) is 23.1 Å². The maximum absolute atomic E-state index is 12.2. The van der Waals surface area contributed by atoms with Crippen LogP contribution in [0.15, 0.2) is 91.0 Å². The number of unbranched alkanes of at least 4 members (excludes halogenated alkanes) is 2. The molecule has 0 atom stereocenters. The first-order valence-electron chi connectivity index (χ1n) is 18.9. The maximum Gasteiger partial charge on any atom is 0.230 e. The van der Waals surface area contributed by atoms with Crippen LogP contribution in [-0.4, -0.2) is 57.8 Å². The number of nitrogens with one attached hydrogen (secondary N) is 2. The number of benzene rings is 3. The average Bonchev–Trinajstić information content (AvgIpc) is 4.06. The van der Waals surface area contributed by atoms with Gasteiger partial charge in [0.2, 0.25) is 37.6 Å². The maximum atomic E-state index is 12.2. The lowest BCUT2D eigenvalue weighted by molar-refractivity contribution is -0.116. The largest absolute Gasteiger partial charge is 0.374 e. The molecule has 0 spiro atoms. The summed E-state index contributed by atoms with van der Waals surface area (Å²) in [5.41, 5.74) is 13.9. The molecule has 312 valence electrons. The molecule has 0 aliphatic rings. The number of nitrogens with zero attached hydrogens (tertiary/aromatic N) is 8. The Morgan fingerprint density at radius 1 is 0.450 bits per heavy atom. The minimum Gasteiger partial charge on any atom is -0.374 e. The zero-order chi connectivity index (χ0) is 42.4. The predicted octanol–water partition coefficient (Wildman–Crippen LogP) is 7.43. The highest BCUT2D eigenvalue weighted by molar-refractivity contribution is 7.16. The number of anilines is 4. The molecule has 0 aliphatic heterocycles. The van der Waals surface area contributed by atoms with Gasteiger partial charge in [0.15, 0.2) is 0 Å². The summed E-state index contributed by atoms with van der Waals surface area (Å²) in [4.78, 5) is 34.7. The van der Waals surface area contributed by atoms with Gasteiger partial charge in [0.25, 0.3) is 0 Å². The first kappa shape index (κ1) is 45.5. The van der Waals surface area contributed by atoms with E-state index >= 15 is 0 Å². The molecule has 0 saturated carbocycles. The van der Waals surface area contributed by atoms with E-state index in [2.05, 4.69) is 51.4 Å². The van der Waals surface area contributed by atoms with Crippen molar-refractivity contribution in [2.75, 3.05) is 22.1 Å². The van der Waals surface area contributed by atoms with Gasteiger partial charge in [0.05, 0.1) is 12.8 Å². The van der Waals surface area contributed by atoms with Gasteiger partial charge < -0.3 is 22.1 Å². The van der Waals surface area contributed by atoms with Crippen LogP contribution in [0.5, 0.6) is 0 Å². The topological polar surface area (TPSA) is 230 Å². The minimum absolute atomic E-state index is 0.100. The third-order valence-corrected chi connectivity index (χ3v) is 11.6. The Bertz CT molecular complexity index is 2200. The number of rotatable bonds is 18. The molecule has 4 heterocycles. The molecule has 3 aromatic carbocycles. The van der Waals surface area contributed by atoms with Crippen LogP contribution in [-0.2, 0) is 59.3 Å². The van der Waals surface area contributed by atoms with Gasteiger partial charge in [0, 0.05) is 32.1 Å². The van der Waals surface area contributed by atoms with E-state index in [9.17, 15) is 14.4 Å². The Morgan fingerprint density at radius 3 is 1.08 bits per heavy atom. The van der Waals surface area contributed by atoms with Crippen molar-refractivity contribution in [3.05, 3.63) is 128 Å². The number of carbonyl (C=O) groups is 3. The van der Waals surface area contributed by atoms with E-state index in [-0.39, 0.29) is 17.1 Å². The number of amides is 2. The summed E-state index contributed by atoms with van der Waals surface area (Å²) >= 11 is 10.9. The van der Waals surface area contributed by atoms with Crippen LogP contribution in [0.25, 0.3) is 0 Å². The van der Waals surface area contributed by atoms with Crippen LogP contribution in [0.4, 0.5) is 20.5 Å². The lowest BCUT2D eigenvalue weighted by atomic mass is 10.1. The second-order valence-electron chi connectivity index (χ2n) is 12.9. The van der Waals surface area contributed by atoms with E-state index in [1.165, 1.54) is 45.3 Å². The van der Waals surface area contributed by atoms with Crippen LogP contribution in [0.2, 0.25) is 0 Å². The van der Waals surface area contributed by atoms with Crippen molar-refractivity contribution < 1.29 is 14.4 Å². The molecule has 0 bridgehead atoms. The second-order valence-corrected chi connectivity index (χ2v) is 17.7. The quantitative estimate of drug-likeness (QED) is 0.0486. The van der Waals surface area contributed by atoms with Crippen molar-refractivity contribution >= 4 is 94.5 Å². The number of carbonyl (C=O) groups excluding carboxylic acids is 3. The third kappa shape index (κ3) is 17.7. The summed E-state index contributed by atoms with van der Waals surface area (Å²) in [5.74, 6) is -0.200. The number of hydrogen-bond acceptors (Lipinski definition) is 17. The lowest BCUT2D eigenvalue weighted by Gasteiger charge is -2.01. The zero-order valence-electron chi connectivity index (χ0n) is 32.4. The molecular formula is C40H43ClN12O3S4. The lowest BCUT2D eigenvalue weighted by Crippen LogP contribution is -2.14. The fourth-order valence-corrected chi connectivity index (χ4v) is 8.35. The van der Waals surface area contributed by atoms with Gasteiger partial charge in [-0.25, -0.2) is 0 Å². The summed E-state index contributed by atoms with van der Waals surface area (Å²) < 4.78 is 0. The van der Waals surface area contributed by atoms with Crippen LogP contribution in [0, 0.1) is 0 Å². The van der Waals surface area contributed by atoms with E-state index in [1.54, 1.807) is 0 Å². The second kappa shape index (κ2) is 25.1. The fourth-order valence-electron chi connectivity index (χ4n) is 5.30. The van der Waals surface area contributed by atoms with Gasteiger partial charge in [-0.15, -0.1) is 40.8 Å². The van der Waals surface area contributed by atoms with Crippen molar-refractivity contribution in [1.82, 2.24) is 40.8 Å². The van der Waals surface area contributed by atoms with Gasteiger partial charge in [0.1, 0.15) is 20.0 Å². The molecule has 7 aromatic rings. The van der Waals surface area contributed by atoms with Crippen molar-refractivity contribution in [2.45, 2.75) is 70.6 Å². The van der Waals surface area contributed by atoms with Crippen LogP contribution in [0.1, 0.15) is 62.4 Å². The summed E-state index contributed by atoms with van der Waals surface area (Å²) in [6.45, 7) is 0. The van der Waals surface area contributed by atoms with Gasteiger partial charge in [-0.3, -0.25) is 14.4 Å². The van der Waals surface area contributed by atoms with Gasteiger partial charge in [-0.1, -0.05) is 136 Å². The SMILES string of the molecule is Nc1nnc(CCCCc2nnc(N)s2)s1.O=C(Cc1ccccc1)Nc1nnc(CCCCc2nnc(NC(=O)Cc3ccccc3)s2)s1.O=C(Cl)Cc1ccccc1. The summed E-state index contributed by atoms with van der Waals surface area (Å²) in [5, 5.41) is 43.1. The van der Waals surface area contributed by atoms with E-state index in [0.717, 1.165) is 88.1 Å². The highest BCUT2D eigenvalue weighted by Gasteiger charge is 2.11. The number of nitrogen functional groups attached to an aromatic ring is 2. The number of nitrogens with two attached hydrogens (primary N) is 2. The first-order chi connectivity index (χ1) is 29.2. The summed E-state index contributed by atoms with van der Waals surface area (Å²) in [7, 11) is 0. The van der Waals surface area contributed by atoms with E-state index in [1.807, 2.05) is 91.0 Å². The van der Waals surface area contributed by atoms with Gasteiger partial charge in [-0.2, -0.15) is 0 Å². The smallest absolute Gasteiger partial charge is 0.230 e. The minimum atomic E-state index is -0.314. The molecule has 20 heteroatoms. The average molecular weight is 904 g/mol. The standard InChI is InChI=1S/C24H24N6O2S2.C8H7ClO.C8H12N6S2/c31-19(15-17-9-3-1-4-10-17)25-23-29-27-21(33-23)13-7-8-14-22-28-30-24(34-22)26-20(32)16-18-11-5-2-6-12-18;9-8(10)6-7-4-2-1-3-5-7;9-7-13-11-5(15-7)3-1-2-4-6-12-14-8(10)16-6/h1-6,9-12H,7-8,13-16H2,(H,25,29,31)(H,26,30,32);1-5H,6H2;1-4H2,(H2,9,13)(H2,10,14). The van der Waals surface area contributed by atoms with Crippen molar-refractivity contribution in [1.29, 1.82) is 0 Å². The van der Waals surface area contributed by atoms with Crippen molar-refractivity contribution in [2.24, 2.45) is 0 Å². The zero-order valence-corrected chi connectivity index (χ0v) is 36.4. The molecule has 0 aliphatic carbocycles. The predicted molar refractivity (Wildman–Crippen MR) is 240 cm³/mol. The van der Waals surface area contributed by atoms with Crippen LogP contribution >= 0.6 is 56.9 Å². The van der Waals surface area contributed by atoms with E-state index < -0.39 is 0 Å². The highest BCUT2D eigenvalue weighted by Crippen LogP contribution is 2.21. The normalized spacial score (nSPS) is 10.5. The molecule has 4 aromatic heterocycles. The number of aromatic nitrogens is 8. The molecule has 0 fully saturated rings. The molecule has 0 radical (unpaired) electrons. The molecule has 0 unspecified atom stereocenters. The molecule has 15 nitrogen and oxygen atoms in total. The Hall–Kier alpha value is -5.60. The fraction of sp³-hybridized carbons (Fsp3) is 0.275. The van der Waals surface area contributed by atoms with Crippen molar-refractivity contribution in [3.8, 4) is 0 Å². The molecule has 2 amide bonds. The number of halogens is 1. The van der Waals surface area contributed by atoms with Crippen LogP contribution < -0.4 is 22.1 Å². The Morgan fingerprint density at radius 2 is 0.767 bits per heavy atom. The molecule has 7 rings (SSSR count). The summed E-state index contributed by atoms with van der Waals surface area (Å²) in [6.07, 6.45) is 8.29. The monoisotopic (exact) mass is 902 g/mol. The molecule has 0 saturated heterocycles. The van der Waals surface area contributed by atoms with Gasteiger partial charge >= 0.3 is 0 Å². The summed E-state index contributed by atoms with van der Waals surface area (Å²) in [6, 6.07) is 28.6. The Kier molecular flexibility index (Phi) is 19.0. The third-order valence-electron chi connectivity index (χ3n) is 8.05. The Labute approximate surface area is 368 Å². The van der Waals surface area contributed by atoms with E-state index in [0.29, 0.717) is 39.8 Å². The molecule has 6 N–H and O–H groups in total. The molecule has 60 heavy (non-hydrogen) atoms. The van der Waals surface area contributed by atoms with Crippen molar-refractivity contribution in [3.63, 3.8) is 0 Å².